The molecule has 0 fully saturated rings. The lowest BCUT2D eigenvalue weighted by Gasteiger charge is -2.12. The third-order valence-electron chi connectivity index (χ3n) is 1.98. The van der Waals surface area contributed by atoms with E-state index in [0.29, 0.717) is 29.5 Å². The number of anilines is 1. The lowest BCUT2D eigenvalue weighted by Crippen LogP contribution is -2.10. The fraction of sp³-hybridized carbons (Fsp3) is 0.417. The topological polar surface area (TPSA) is 61.5 Å². The first-order valence-electron chi connectivity index (χ1n) is 5.15. The molecule has 0 spiro atoms. The Morgan fingerprint density at radius 3 is 2.69 bits per heavy atom. The summed E-state index contributed by atoms with van der Waals surface area (Å²) >= 11 is 0. The summed E-state index contributed by atoms with van der Waals surface area (Å²) in [4.78, 5) is 11.4. The van der Waals surface area contributed by atoms with Gasteiger partial charge in [-0.05, 0) is 18.1 Å². The van der Waals surface area contributed by atoms with Crippen molar-refractivity contribution in [3.8, 4) is 5.75 Å². The van der Waals surface area contributed by atoms with Gasteiger partial charge in [0, 0.05) is 11.8 Å². The van der Waals surface area contributed by atoms with Crippen molar-refractivity contribution in [1.29, 1.82) is 0 Å². The fourth-order valence-electron chi connectivity index (χ4n) is 1.19. The summed E-state index contributed by atoms with van der Waals surface area (Å²) in [5.74, 6) is 0.436. The number of ether oxygens (including phenoxy) is 2. The lowest BCUT2D eigenvalue weighted by atomic mass is 10.2. The largest absolute Gasteiger partial charge is 0.492 e. The molecule has 1 aromatic carbocycles. The Labute approximate surface area is 95.3 Å². The van der Waals surface area contributed by atoms with Crippen LogP contribution < -0.4 is 10.5 Å². The van der Waals surface area contributed by atoms with Crippen LogP contribution in [0.15, 0.2) is 18.2 Å². The van der Waals surface area contributed by atoms with Crippen molar-refractivity contribution in [2.45, 2.75) is 13.8 Å². The quantitative estimate of drug-likeness (QED) is 0.627. The van der Waals surface area contributed by atoms with Crippen LogP contribution >= 0.6 is 0 Å². The minimum Gasteiger partial charge on any atom is -0.492 e. The van der Waals surface area contributed by atoms with Crippen molar-refractivity contribution in [2.24, 2.45) is 5.92 Å². The van der Waals surface area contributed by atoms with Crippen LogP contribution in [0.25, 0.3) is 0 Å². The molecule has 88 valence electrons. The molecule has 0 saturated heterocycles. The van der Waals surface area contributed by atoms with E-state index in [4.69, 9.17) is 10.5 Å². The van der Waals surface area contributed by atoms with Crippen LogP contribution in [-0.4, -0.2) is 19.7 Å². The molecule has 0 bridgehead atoms. The van der Waals surface area contributed by atoms with Crippen LogP contribution in [0.5, 0.6) is 5.75 Å². The summed E-state index contributed by atoms with van der Waals surface area (Å²) in [6, 6.07) is 4.89. The first kappa shape index (κ1) is 12.4. The summed E-state index contributed by atoms with van der Waals surface area (Å²) < 4.78 is 10.2. The van der Waals surface area contributed by atoms with Gasteiger partial charge < -0.3 is 15.2 Å². The highest BCUT2D eigenvalue weighted by molar-refractivity contribution is 5.93. The number of methoxy groups -OCH3 is 1. The normalized spacial score (nSPS) is 10.2. The third-order valence-corrected chi connectivity index (χ3v) is 1.98. The molecule has 4 nitrogen and oxygen atoms in total. The molecular formula is C12H17NO3. The van der Waals surface area contributed by atoms with Gasteiger partial charge in [-0.1, -0.05) is 13.8 Å². The standard InChI is InChI=1S/C12H17NO3/c1-8(2)7-16-11-6-9(13)4-5-10(11)12(14)15-3/h4-6,8H,7,13H2,1-3H3. The predicted octanol–water partition coefficient (Wildman–Crippen LogP) is 2.09. The van der Waals surface area contributed by atoms with Gasteiger partial charge in [-0.2, -0.15) is 0 Å². The number of esters is 1. The van der Waals surface area contributed by atoms with E-state index in [2.05, 4.69) is 4.74 Å². The third kappa shape index (κ3) is 3.15. The number of nitrogen functional groups attached to an aromatic ring is 1. The molecule has 1 rings (SSSR count). The van der Waals surface area contributed by atoms with Crippen molar-refractivity contribution < 1.29 is 14.3 Å². The van der Waals surface area contributed by atoms with Gasteiger partial charge >= 0.3 is 5.97 Å². The zero-order valence-electron chi connectivity index (χ0n) is 9.82. The zero-order valence-corrected chi connectivity index (χ0v) is 9.82. The highest BCUT2D eigenvalue weighted by Crippen LogP contribution is 2.23. The molecule has 0 aliphatic heterocycles. The van der Waals surface area contributed by atoms with E-state index in [1.165, 1.54) is 7.11 Å². The van der Waals surface area contributed by atoms with E-state index in [0.717, 1.165) is 0 Å². The molecule has 0 aromatic heterocycles. The molecule has 2 N–H and O–H groups in total. The Hall–Kier alpha value is -1.71. The Balaban J connectivity index is 2.94. The summed E-state index contributed by atoms with van der Waals surface area (Å²) in [6.45, 7) is 4.60. The summed E-state index contributed by atoms with van der Waals surface area (Å²) in [7, 11) is 1.34. The van der Waals surface area contributed by atoms with Gasteiger partial charge in [-0.25, -0.2) is 4.79 Å². The Kier molecular flexibility index (Phi) is 4.17. The monoisotopic (exact) mass is 223 g/mol. The summed E-state index contributed by atoms with van der Waals surface area (Å²) in [5.41, 5.74) is 6.61. The van der Waals surface area contributed by atoms with Gasteiger partial charge in [-0.15, -0.1) is 0 Å². The summed E-state index contributed by atoms with van der Waals surface area (Å²) in [6.07, 6.45) is 0. The maximum absolute atomic E-state index is 11.4. The van der Waals surface area contributed by atoms with E-state index in [1.54, 1.807) is 18.2 Å². The van der Waals surface area contributed by atoms with Crippen LogP contribution in [-0.2, 0) is 4.74 Å². The van der Waals surface area contributed by atoms with Crippen LogP contribution in [0.3, 0.4) is 0 Å². The van der Waals surface area contributed by atoms with Crippen molar-refractivity contribution in [3.63, 3.8) is 0 Å². The van der Waals surface area contributed by atoms with Crippen LogP contribution in [0.1, 0.15) is 24.2 Å². The van der Waals surface area contributed by atoms with Crippen molar-refractivity contribution in [3.05, 3.63) is 23.8 Å². The van der Waals surface area contributed by atoms with Gasteiger partial charge in [-0.3, -0.25) is 0 Å². The van der Waals surface area contributed by atoms with Gasteiger partial charge in [0.05, 0.1) is 13.7 Å². The van der Waals surface area contributed by atoms with E-state index in [-0.39, 0.29) is 0 Å². The minimum atomic E-state index is -0.418. The van der Waals surface area contributed by atoms with E-state index in [1.807, 2.05) is 13.8 Å². The molecule has 0 aliphatic rings. The average molecular weight is 223 g/mol. The molecule has 4 heteroatoms. The van der Waals surface area contributed by atoms with Crippen LogP contribution in [0.4, 0.5) is 5.69 Å². The lowest BCUT2D eigenvalue weighted by molar-refractivity contribution is 0.0595. The Morgan fingerprint density at radius 2 is 2.12 bits per heavy atom. The number of benzene rings is 1. The Morgan fingerprint density at radius 1 is 1.44 bits per heavy atom. The highest BCUT2D eigenvalue weighted by Gasteiger charge is 2.13. The van der Waals surface area contributed by atoms with Crippen LogP contribution in [0, 0.1) is 5.92 Å². The van der Waals surface area contributed by atoms with Gasteiger partial charge in [0.1, 0.15) is 11.3 Å². The van der Waals surface area contributed by atoms with E-state index < -0.39 is 5.97 Å². The highest BCUT2D eigenvalue weighted by atomic mass is 16.5. The van der Waals surface area contributed by atoms with Crippen LogP contribution in [0.2, 0.25) is 0 Å². The van der Waals surface area contributed by atoms with Crippen molar-refractivity contribution in [2.75, 3.05) is 19.5 Å². The number of carbonyl (C=O) groups excluding carboxylic acids is 1. The first-order chi connectivity index (χ1) is 7.54. The molecule has 0 unspecified atom stereocenters. The number of hydrogen-bond acceptors (Lipinski definition) is 4. The second-order valence-electron chi connectivity index (χ2n) is 3.95. The molecule has 0 radical (unpaired) electrons. The smallest absolute Gasteiger partial charge is 0.341 e. The van der Waals surface area contributed by atoms with Crippen molar-refractivity contribution >= 4 is 11.7 Å². The molecule has 0 saturated carbocycles. The van der Waals surface area contributed by atoms with Gasteiger partial charge in [0.2, 0.25) is 0 Å². The SMILES string of the molecule is COC(=O)c1ccc(N)cc1OCC(C)C. The van der Waals surface area contributed by atoms with Gasteiger partial charge in [0.25, 0.3) is 0 Å². The molecule has 0 heterocycles. The van der Waals surface area contributed by atoms with E-state index in [9.17, 15) is 4.79 Å². The van der Waals surface area contributed by atoms with E-state index >= 15 is 0 Å². The average Bonchev–Trinajstić information content (AvgIpc) is 2.25. The summed E-state index contributed by atoms with van der Waals surface area (Å²) in [5, 5.41) is 0. The number of rotatable bonds is 4. The van der Waals surface area contributed by atoms with Gasteiger partial charge in [0.15, 0.2) is 0 Å². The number of nitrogens with two attached hydrogens (primary N) is 1. The minimum absolute atomic E-state index is 0.381. The fourth-order valence-corrected chi connectivity index (χ4v) is 1.19. The number of hydrogen-bond donors (Lipinski definition) is 1. The predicted molar refractivity (Wildman–Crippen MR) is 62.5 cm³/mol. The molecule has 0 atom stereocenters. The molecule has 1 aromatic rings. The first-order valence-corrected chi connectivity index (χ1v) is 5.15. The Bertz CT molecular complexity index is 375. The molecule has 0 aliphatic carbocycles. The molecule has 16 heavy (non-hydrogen) atoms. The molecular weight excluding hydrogens is 206 g/mol. The molecule has 0 amide bonds. The zero-order chi connectivity index (χ0) is 12.1. The van der Waals surface area contributed by atoms with Crippen molar-refractivity contribution in [1.82, 2.24) is 0 Å². The maximum atomic E-state index is 11.4. The maximum Gasteiger partial charge on any atom is 0.341 e. The number of carbonyl (C=O) groups is 1. The second kappa shape index (κ2) is 5.39. The second-order valence-corrected chi connectivity index (χ2v) is 3.95.